The first-order valence-electron chi connectivity index (χ1n) is 7.98. The molecule has 126 valence electrons. The fourth-order valence-corrected chi connectivity index (χ4v) is 2.62. The fourth-order valence-electron chi connectivity index (χ4n) is 2.62. The first-order chi connectivity index (χ1) is 10.4. The summed E-state index contributed by atoms with van der Waals surface area (Å²) in [4.78, 5) is 23.4. The highest BCUT2D eigenvalue weighted by atomic mass is 16.5. The molecule has 0 spiro atoms. The molecule has 1 aliphatic rings. The Hall–Kier alpha value is -1.40. The molecule has 0 aromatic rings. The molecule has 22 heavy (non-hydrogen) atoms. The van der Waals surface area contributed by atoms with Crippen LogP contribution in [-0.2, 0) is 19.1 Å². The summed E-state index contributed by atoms with van der Waals surface area (Å²) in [6.07, 6.45) is 3.48. The molecule has 1 amide bonds. The first kappa shape index (κ1) is 18.6. The maximum absolute atomic E-state index is 12.0. The lowest BCUT2D eigenvalue weighted by Gasteiger charge is -2.36. The highest BCUT2D eigenvalue weighted by Crippen LogP contribution is 2.24. The van der Waals surface area contributed by atoms with Crippen LogP contribution in [0, 0.1) is 0 Å². The molecule has 0 saturated heterocycles. The topological polar surface area (TPSA) is 90.6 Å². The Bertz CT molecular complexity index is 418. The predicted molar refractivity (Wildman–Crippen MR) is 84.2 cm³/mol. The zero-order valence-corrected chi connectivity index (χ0v) is 13.9. The van der Waals surface area contributed by atoms with Gasteiger partial charge in [0, 0.05) is 18.5 Å². The maximum atomic E-state index is 12.0. The lowest BCUT2D eigenvalue weighted by Crippen LogP contribution is -2.57. The number of esters is 1. The Morgan fingerprint density at radius 3 is 2.50 bits per heavy atom. The molecule has 1 rings (SSSR count). The highest BCUT2D eigenvalue weighted by Gasteiger charge is 2.35. The zero-order chi connectivity index (χ0) is 16.7. The van der Waals surface area contributed by atoms with Gasteiger partial charge in [0.1, 0.15) is 0 Å². The van der Waals surface area contributed by atoms with E-state index < -0.39 is 6.10 Å². The van der Waals surface area contributed by atoms with Crippen LogP contribution in [0.15, 0.2) is 11.6 Å². The third-order valence-corrected chi connectivity index (χ3v) is 3.80. The molecule has 6 heteroatoms. The number of carbonyl (C=O) groups is 2. The van der Waals surface area contributed by atoms with Crippen LogP contribution in [0.3, 0.4) is 0 Å². The normalized spacial score (nSPS) is 24.8. The average molecular weight is 312 g/mol. The second-order valence-corrected chi connectivity index (χ2v) is 5.55. The number of hydrogen-bond acceptors (Lipinski definition) is 5. The molecule has 0 heterocycles. The Morgan fingerprint density at radius 1 is 1.36 bits per heavy atom. The SMILES string of the molecule is CCOC(=O)C1=C[C@@H](OC(CC)CC)[C@@H](NC(C)=O)[C@H](N)C1. The molecule has 0 aromatic heterocycles. The summed E-state index contributed by atoms with van der Waals surface area (Å²) in [5, 5.41) is 2.84. The number of amides is 1. The van der Waals surface area contributed by atoms with Gasteiger partial charge in [0.05, 0.1) is 24.9 Å². The lowest BCUT2D eigenvalue weighted by molar-refractivity contribution is -0.139. The van der Waals surface area contributed by atoms with E-state index in [9.17, 15) is 9.59 Å². The van der Waals surface area contributed by atoms with Crippen LogP contribution in [0.1, 0.15) is 47.0 Å². The van der Waals surface area contributed by atoms with Gasteiger partial charge in [-0.2, -0.15) is 0 Å². The summed E-state index contributed by atoms with van der Waals surface area (Å²) in [6, 6.07) is -0.719. The molecule has 0 aromatic carbocycles. The quantitative estimate of drug-likeness (QED) is 0.691. The molecule has 1 aliphatic carbocycles. The standard InChI is InChI=1S/C16H28N2O4/c1-5-12(6-2)22-14-9-11(16(20)21-7-3)8-13(17)15(14)18-10(4)19/h9,12-15H,5-8,17H2,1-4H3,(H,18,19)/t13-,14-,15+/m1/s1. The van der Waals surface area contributed by atoms with Crippen LogP contribution >= 0.6 is 0 Å². The number of nitrogens with two attached hydrogens (primary N) is 1. The molecule has 3 N–H and O–H groups in total. The van der Waals surface area contributed by atoms with E-state index in [1.54, 1.807) is 13.0 Å². The van der Waals surface area contributed by atoms with Crippen molar-refractivity contribution >= 4 is 11.9 Å². The lowest BCUT2D eigenvalue weighted by atomic mass is 9.88. The van der Waals surface area contributed by atoms with Crippen LogP contribution in [-0.4, -0.2) is 42.8 Å². The van der Waals surface area contributed by atoms with Crippen LogP contribution < -0.4 is 11.1 Å². The summed E-state index contributed by atoms with van der Waals surface area (Å²) in [6.45, 7) is 7.62. The second-order valence-electron chi connectivity index (χ2n) is 5.55. The summed E-state index contributed by atoms with van der Waals surface area (Å²) in [5.74, 6) is -0.524. The van der Waals surface area contributed by atoms with Gasteiger partial charge in [-0.25, -0.2) is 4.79 Å². The zero-order valence-electron chi connectivity index (χ0n) is 13.9. The van der Waals surface area contributed by atoms with Gasteiger partial charge in [0.2, 0.25) is 5.91 Å². The smallest absolute Gasteiger partial charge is 0.333 e. The van der Waals surface area contributed by atoms with Crippen molar-refractivity contribution in [3.05, 3.63) is 11.6 Å². The Labute approximate surface area is 132 Å². The minimum absolute atomic E-state index is 0.0613. The van der Waals surface area contributed by atoms with Gasteiger partial charge in [0.15, 0.2) is 0 Å². The van der Waals surface area contributed by atoms with Crippen LogP contribution in [0.25, 0.3) is 0 Å². The fraction of sp³-hybridized carbons (Fsp3) is 0.750. The van der Waals surface area contributed by atoms with Crippen LogP contribution in [0.2, 0.25) is 0 Å². The van der Waals surface area contributed by atoms with E-state index >= 15 is 0 Å². The van der Waals surface area contributed by atoms with Crippen molar-refractivity contribution in [3.8, 4) is 0 Å². The predicted octanol–water partition coefficient (Wildman–Crippen LogP) is 1.29. The second kappa shape index (κ2) is 8.90. The van der Waals surface area contributed by atoms with Crippen LogP contribution in [0.4, 0.5) is 0 Å². The van der Waals surface area contributed by atoms with Gasteiger partial charge < -0.3 is 20.5 Å². The summed E-state index contributed by atoms with van der Waals surface area (Å²) in [7, 11) is 0. The van der Waals surface area contributed by atoms with Crippen molar-refractivity contribution in [1.29, 1.82) is 0 Å². The Balaban J connectivity index is 2.98. The number of carbonyl (C=O) groups excluding carboxylic acids is 2. The number of rotatable bonds is 7. The van der Waals surface area contributed by atoms with Gasteiger partial charge >= 0.3 is 5.97 Å². The molecule has 0 unspecified atom stereocenters. The summed E-state index contributed by atoms with van der Waals surface area (Å²) < 4.78 is 11.1. The largest absolute Gasteiger partial charge is 0.463 e. The van der Waals surface area contributed by atoms with Crippen molar-refractivity contribution in [2.24, 2.45) is 5.73 Å². The molecular formula is C16H28N2O4. The molecule has 3 atom stereocenters. The molecule has 0 aliphatic heterocycles. The first-order valence-corrected chi connectivity index (χ1v) is 7.98. The molecule has 0 radical (unpaired) electrons. The minimum atomic E-state index is -0.419. The minimum Gasteiger partial charge on any atom is -0.463 e. The van der Waals surface area contributed by atoms with Gasteiger partial charge in [-0.1, -0.05) is 13.8 Å². The van der Waals surface area contributed by atoms with E-state index in [2.05, 4.69) is 5.32 Å². The Kier molecular flexibility index (Phi) is 7.55. The van der Waals surface area contributed by atoms with Crippen molar-refractivity contribution in [3.63, 3.8) is 0 Å². The van der Waals surface area contributed by atoms with Crippen molar-refractivity contribution in [2.75, 3.05) is 6.61 Å². The van der Waals surface area contributed by atoms with E-state index in [1.165, 1.54) is 6.92 Å². The van der Waals surface area contributed by atoms with Crippen LogP contribution in [0.5, 0.6) is 0 Å². The third kappa shape index (κ3) is 5.10. The van der Waals surface area contributed by atoms with Gasteiger partial charge in [-0.15, -0.1) is 0 Å². The summed E-state index contributed by atoms with van der Waals surface area (Å²) in [5.41, 5.74) is 6.68. The van der Waals surface area contributed by atoms with Gasteiger partial charge in [0.25, 0.3) is 0 Å². The third-order valence-electron chi connectivity index (χ3n) is 3.80. The molecule has 0 saturated carbocycles. The Morgan fingerprint density at radius 2 is 2.00 bits per heavy atom. The molecule has 6 nitrogen and oxygen atoms in total. The molecule has 0 fully saturated rings. The van der Waals surface area contributed by atoms with E-state index in [4.69, 9.17) is 15.2 Å². The van der Waals surface area contributed by atoms with Gasteiger partial charge in [-0.3, -0.25) is 4.79 Å². The molecular weight excluding hydrogens is 284 g/mol. The number of hydrogen-bond donors (Lipinski definition) is 2. The van der Waals surface area contributed by atoms with Crippen molar-refractivity contribution in [2.45, 2.75) is 71.2 Å². The van der Waals surface area contributed by atoms with E-state index in [0.29, 0.717) is 18.6 Å². The average Bonchev–Trinajstić information content (AvgIpc) is 2.47. The van der Waals surface area contributed by atoms with E-state index in [0.717, 1.165) is 12.8 Å². The maximum Gasteiger partial charge on any atom is 0.333 e. The summed E-state index contributed by atoms with van der Waals surface area (Å²) >= 11 is 0. The van der Waals surface area contributed by atoms with Gasteiger partial charge in [-0.05, 0) is 32.3 Å². The van der Waals surface area contributed by atoms with E-state index in [-0.39, 0.29) is 30.1 Å². The number of ether oxygens (including phenoxy) is 2. The number of nitrogens with one attached hydrogen (secondary N) is 1. The highest BCUT2D eigenvalue weighted by molar-refractivity contribution is 5.89. The van der Waals surface area contributed by atoms with E-state index in [1.807, 2.05) is 13.8 Å². The van der Waals surface area contributed by atoms with Crippen molar-refractivity contribution < 1.29 is 19.1 Å². The monoisotopic (exact) mass is 312 g/mol. The van der Waals surface area contributed by atoms with Crippen molar-refractivity contribution in [1.82, 2.24) is 5.32 Å². The molecule has 0 bridgehead atoms.